The number of fused-ring (bicyclic) bond motifs is 3. The molecule has 3 heterocycles. The first-order chi connectivity index (χ1) is 13.1. The van der Waals surface area contributed by atoms with Gasteiger partial charge in [-0.25, -0.2) is 9.67 Å². The molecule has 1 fully saturated rings. The van der Waals surface area contributed by atoms with Crippen LogP contribution in [0, 0.1) is 12.8 Å². The Morgan fingerprint density at radius 3 is 3.19 bits per heavy atom. The summed E-state index contributed by atoms with van der Waals surface area (Å²) in [5.41, 5.74) is 1.02. The molecular weight excluding hydrogens is 344 g/mol. The minimum atomic E-state index is -0.101. The minimum Gasteiger partial charge on any atom is -0.497 e. The summed E-state index contributed by atoms with van der Waals surface area (Å²) in [7, 11) is 1.67. The molecule has 2 aromatic rings. The van der Waals surface area contributed by atoms with Gasteiger partial charge in [0.25, 0.3) is 0 Å². The second kappa shape index (κ2) is 5.97. The Morgan fingerprint density at radius 2 is 2.33 bits per heavy atom. The topological polar surface area (TPSA) is 78.3 Å². The van der Waals surface area contributed by atoms with Crippen molar-refractivity contribution in [3.05, 3.63) is 35.4 Å². The van der Waals surface area contributed by atoms with Gasteiger partial charge in [-0.3, -0.25) is 4.79 Å². The zero-order valence-corrected chi connectivity index (χ0v) is 15.7. The van der Waals surface area contributed by atoms with Gasteiger partial charge in [0.05, 0.1) is 20.3 Å². The van der Waals surface area contributed by atoms with Gasteiger partial charge in [0, 0.05) is 29.4 Å². The van der Waals surface area contributed by atoms with Gasteiger partial charge in [0.15, 0.2) is 0 Å². The molecule has 5 rings (SSSR count). The summed E-state index contributed by atoms with van der Waals surface area (Å²) in [4.78, 5) is 17.4. The number of nitrogens with one attached hydrogen (secondary N) is 1. The average Bonchev–Trinajstić information content (AvgIpc) is 3.26. The first-order valence-corrected chi connectivity index (χ1v) is 9.61. The first kappa shape index (κ1) is 16.6. The van der Waals surface area contributed by atoms with E-state index in [1.165, 1.54) is 0 Å². The largest absolute Gasteiger partial charge is 0.497 e. The predicted octanol–water partition coefficient (Wildman–Crippen LogP) is 1.77. The zero-order valence-electron chi connectivity index (χ0n) is 15.7. The van der Waals surface area contributed by atoms with E-state index in [-0.39, 0.29) is 23.3 Å². The van der Waals surface area contributed by atoms with Crippen LogP contribution in [0.25, 0.3) is 0 Å². The Bertz CT molecular complexity index is 909. The van der Waals surface area contributed by atoms with E-state index in [1.807, 2.05) is 29.8 Å². The molecule has 0 radical (unpaired) electrons. The molecule has 1 amide bonds. The summed E-state index contributed by atoms with van der Waals surface area (Å²) in [6.07, 6.45) is 3.53. The van der Waals surface area contributed by atoms with E-state index in [0.29, 0.717) is 13.2 Å². The van der Waals surface area contributed by atoms with Gasteiger partial charge < -0.3 is 14.8 Å². The number of aryl methyl sites for hydroxylation is 2. The highest BCUT2D eigenvalue weighted by Gasteiger charge is 2.61. The van der Waals surface area contributed by atoms with Crippen LogP contribution in [-0.4, -0.2) is 40.4 Å². The average molecular weight is 368 g/mol. The van der Waals surface area contributed by atoms with E-state index in [4.69, 9.17) is 9.47 Å². The molecule has 0 saturated heterocycles. The lowest BCUT2D eigenvalue weighted by molar-refractivity contribution is -0.123. The molecule has 0 unspecified atom stereocenters. The van der Waals surface area contributed by atoms with E-state index in [9.17, 15) is 4.79 Å². The lowest BCUT2D eigenvalue weighted by Gasteiger charge is -2.28. The van der Waals surface area contributed by atoms with Crippen molar-refractivity contribution >= 4 is 5.91 Å². The lowest BCUT2D eigenvalue weighted by Crippen LogP contribution is -2.43. The number of ether oxygens (including phenoxy) is 2. The number of aromatic nitrogens is 3. The molecule has 3 atom stereocenters. The number of carbonyl (C=O) groups is 1. The fraction of sp³-hybridized carbons (Fsp3) is 0.550. The predicted molar refractivity (Wildman–Crippen MR) is 97.9 cm³/mol. The van der Waals surface area contributed by atoms with Gasteiger partial charge in [-0.1, -0.05) is 0 Å². The summed E-state index contributed by atoms with van der Waals surface area (Å²) in [5.74, 6) is 3.67. The number of hydrogen-bond donors (Lipinski definition) is 1. The molecule has 1 spiro atoms. The normalized spacial score (nSPS) is 28.1. The highest BCUT2D eigenvalue weighted by Crippen LogP contribution is 2.61. The van der Waals surface area contributed by atoms with Gasteiger partial charge in [0.1, 0.15) is 23.1 Å². The van der Waals surface area contributed by atoms with Crippen LogP contribution in [-0.2, 0) is 23.2 Å². The van der Waals surface area contributed by atoms with Crippen LogP contribution in [0.2, 0.25) is 0 Å². The fourth-order valence-corrected chi connectivity index (χ4v) is 4.71. The maximum atomic E-state index is 13.0. The minimum absolute atomic E-state index is 0.00568. The zero-order chi connectivity index (χ0) is 18.6. The molecule has 1 aromatic carbocycles. The molecular formula is C20H24N4O3. The number of carbonyl (C=O) groups excluding carboxylic acids is 1. The van der Waals surface area contributed by atoms with E-state index < -0.39 is 0 Å². The Kier molecular flexibility index (Phi) is 3.67. The number of methoxy groups -OCH3 is 1. The fourth-order valence-electron chi connectivity index (χ4n) is 4.71. The van der Waals surface area contributed by atoms with Gasteiger partial charge in [-0.05, 0) is 44.4 Å². The molecule has 0 bridgehead atoms. The highest BCUT2D eigenvalue weighted by atomic mass is 16.5. The molecule has 1 N–H and O–H groups in total. The smallest absolute Gasteiger partial charge is 0.224 e. The van der Waals surface area contributed by atoms with Crippen LogP contribution in [0.15, 0.2) is 18.2 Å². The number of amides is 1. The standard InChI is InChI=1S/C20H24N4O3/c1-12-21-18-6-3-13(11-24(18)23-12)22-19(25)16-10-20(16)7-8-27-17-5-4-14(26-2)9-15(17)20/h4-5,9,13,16H,3,6-8,10-11H2,1-2H3,(H,22,25)/t13-,16-,20-/m1/s1. The van der Waals surface area contributed by atoms with Crippen LogP contribution in [0.4, 0.5) is 0 Å². The Morgan fingerprint density at radius 1 is 1.44 bits per heavy atom. The summed E-state index contributed by atoms with van der Waals surface area (Å²) < 4.78 is 13.1. The first-order valence-electron chi connectivity index (χ1n) is 9.61. The monoisotopic (exact) mass is 368 g/mol. The second-order valence-corrected chi connectivity index (χ2v) is 7.87. The second-order valence-electron chi connectivity index (χ2n) is 7.87. The summed E-state index contributed by atoms with van der Waals surface area (Å²) in [6.45, 7) is 3.27. The van der Waals surface area contributed by atoms with Crippen LogP contribution in [0.3, 0.4) is 0 Å². The van der Waals surface area contributed by atoms with Crippen molar-refractivity contribution in [3.8, 4) is 11.5 Å². The van der Waals surface area contributed by atoms with Crippen LogP contribution >= 0.6 is 0 Å². The molecule has 1 aliphatic carbocycles. The maximum Gasteiger partial charge on any atom is 0.224 e. The quantitative estimate of drug-likeness (QED) is 0.893. The van der Waals surface area contributed by atoms with Crippen molar-refractivity contribution in [3.63, 3.8) is 0 Å². The molecule has 7 nitrogen and oxygen atoms in total. The van der Waals surface area contributed by atoms with Crippen molar-refractivity contribution in [2.75, 3.05) is 13.7 Å². The third-order valence-corrected chi connectivity index (χ3v) is 6.23. The van der Waals surface area contributed by atoms with Crippen LogP contribution in [0.1, 0.15) is 36.5 Å². The third-order valence-electron chi connectivity index (χ3n) is 6.23. The van der Waals surface area contributed by atoms with Crippen molar-refractivity contribution < 1.29 is 14.3 Å². The van der Waals surface area contributed by atoms with E-state index >= 15 is 0 Å². The van der Waals surface area contributed by atoms with E-state index in [0.717, 1.165) is 54.4 Å². The number of benzene rings is 1. The molecule has 142 valence electrons. The molecule has 7 heteroatoms. The summed E-state index contributed by atoms with van der Waals surface area (Å²) in [5, 5.41) is 7.69. The number of nitrogens with zero attached hydrogens (tertiary/aromatic N) is 3. The van der Waals surface area contributed by atoms with Gasteiger partial charge in [-0.15, -0.1) is 0 Å². The van der Waals surface area contributed by atoms with Gasteiger partial charge in [-0.2, -0.15) is 5.10 Å². The summed E-state index contributed by atoms with van der Waals surface area (Å²) >= 11 is 0. The maximum absolute atomic E-state index is 13.0. The highest BCUT2D eigenvalue weighted by molar-refractivity contribution is 5.85. The number of hydrogen-bond acceptors (Lipinski definition) is 5. The van der Waals surface area contributed by atoms with Crippen LogP contribution < -0.4 is 14.8 Å². The Balaban J connectivity index is 1.31. The third kappa shape index (κ3) is 2.67. The summed E-state index contributed by atoms with van der Waals surface area (Å²) in [6, 6.07) is 6.02. The van der Waals surface area contributed by atoms with Crippen molar-refractivity contribution in [1.29, 1.82) is 0 Å². The Hall–Kier alpha value is -2.57. The van der Waals surface area contributed by atoms with E-state index in [2.05, 4.69) is 15.4 Å². The van der Waals surface area contributed by atoms with Gasteiger partial charge in [0.2, 0.25) is 5.91 Å². The van der Waals surface area contributed by atoms with Crippen LogP contribution in [0.5, 0.6) is 11.5 Å². The molecule has 27 heavy (non-hydrogen) atoms. The molecule has 3 aliphatic rings. The van der Waals surface area contributed by atoms with Crippen molar-refractivity contribution in [2.45, 2.75) is 50.6 Å². The molecule has 2 aliphatic heterocycles. The van der Waals surface area contributed by atoms with Crippen molar-refractivity contribution in [1.82, 2.24) is 20.1 Å². The molecule has 1 aromatic heterocycles. The van der Waals surface area contributed by atoms with E-state index in [1.54, 1.807) is 7.11 Å². The SMILES string of the molecule is COc1ccc2c(c1)[C@@]1(CCO2)C[C@@H]1C(=O)N[C@@H]1CCc2nc(C)nn2C1. The van der Waals surface area contributed by atoms with Crippen molar-refractivity contribution in [2.24, 2.45) is 5.92 Å². The Labute approximate surface area is 158 Å². The number of rotatable bonds is 3. The van der Waals surface area contributed by atoms with Gasteiger partial charge >= 0.3 is 0 Å². The lowest BCUT2D eigenvalue weighted by atomic mass is 9.87. The molecule has 1 saturated carbocycles.